The summed E-state index contributed by atoms with van der Waals surface area (Å²) in [5.74, 6) is -1.37. The van der Waals surface area contributed by atoms with Gasteiger partial charge in [-0.15, -0.1) is 0 Å². The number of halogens is 2. The molecule has 0 atom stereocenters. The number of carbonyl (C=O) groups excluding carboxylic acids is 1. The number of nitriles is 1. The zero-order valence-electron chi connectivity index (χ0n) is 13.1. The fraction of sp³-hybridized carbons (Fsp3) is 0.467. The molecule has 2 aromatic heterocycles. The van der Waals surface area contributed by atoms with E-state index in [9.17, 15) is 13.6 Å². The molecule has 0 aromatic carbocycles. The third-order valence-corrected chi connectivity index (χ3v) is 3.93. The lowest BCUT2D eigenvalue weighted by atomic mass is 9.96. The first kappa shape index (κ1) is 16.1. The van der Waals surface area contributed by atoms with Gasteiger partial charge in [-0.25, -0.2) is 18.7 Å². The Balaban J connectivity index is 1.94. The van der Waals surface area contributed by atoms with Crippen molar-refractivity contribution in [3.63, 3.8) is 0 Å². The summed E-state index contributed by atoms with van der Waals surface area (Å²) in [5.41, 5.74) is -0.309. The molecule has 0 aliphatic carbocycles. The number of carbonyl (C=O) groups is 1. The molecule has 0 bridgehead atoms. The first-order valence-corrected chi connectivity index (χ1v) is 7.34. The SMILES string of the molecule is CC(C)(C#N)c1nc(C(F)F)c(C(=O)N2CCc3nc[nH]c3C2)o1. The predicted molar refractivity (Wildman–Crippen MR) is 77.1 cm³/mol. The number of amides is 1. The van der Waals surface area contributed by atoms with Gasteiger partial charge >= 0.3 is 0 Å². The van der Waals surface area contributed by atoms with Crippen LogP contribution in [0.1, 0.15) is 53.8 Å². The zero-order chi connectivity index (χ0) is 17.5. The second kappa shape index (κ2) is 5.70. The van der Waals surface area contributed by atoms with E-state index in [0.29, 0.717) is 13.0 Å². The van der Waals surface area contributed by atoms with Crippen LogP contribution in [0.25, 0.3) is 0 Å². The van der Waals surface area contributed by atoms with Gasteiger partial charge in [0.25, 0.3) is 12.3 Å². The molecule has 0 saturated heterocycles. The van der Waals surface area contributed by atoms with Crippen molar-refractivity contribution in [1.29, 1.82) is 5.26 Å². The van der Waals surface area contributed by atoms with Crippen LogP contribution in [0.3, 0.4) is 0 Å². The van der Waals surface area contributed by atoms with Crippen molar-refractivity contribution < 1.29 is 18.0 Å². The summed E-state index contributed by atoms with van der Waals surface area (Å²) in [6.45, 7) is 3.55. The smallest absolute Gasteiger partial charge is 0.292 e. The molecule has 2 aromatic rings. The van der Waals surface area contributed by atoms with Crippen molar-refractivity contribution in [2.45, 2.75) is 38.7 Å². The molecule has 0 fully saturated rings. The molecule has 0 radical (unpaired) electrons. The van der Waals surface area contributed by atoms with Crippen LogP contribution in [0.5, 0.6) is 0 Å². The van der Waals surface area contributed by atoms with Gasteiger partial charge in [0.2, 0.25) is 11.7 Å². The topological polar surface area (TPSA) is 98.8 Å². The Hall–Kier alpha value is -2.76. The first-order valence-electron chi connectivity index (χ1n) is 7.34. The Bertz CT molecular complexity index is 818. The van der Waals surface area contributed by atoms with Gasteiger partial charge in [0, 0.05) is 13.0 Å². The number of aromatic amines is 1. The van der Waals surface area contributed by atoms with Gasteiger partial charge in [-0.05, 0) is 13.8 Å². The highest BCUT2D eigenvalue weighted by Crippen LogP contribution is 2.30. The van der Waals surface area contributed by atoms with E-state index >= 15 is 0 Å². The molecular formula is C15H15F2N5O2. The minimum Gasteiger partial charge on any atom is -0.433 e. The molecule has 0 saturated carbocycles. The zero-order valence-corrected chi connectivity index (χ0v) is 13.1. The molecule has 126 valence electrons. The second-order valence-corrected chi connectivity index (χ2v) is 6.08. The number of oxazole rings is 1. The van der Waals surface area contributed by atoms with E-state index in [4.69, 9.17) is 9.68 Å². The van der Waals surface area contributed by atoms with E-state index < -0.39 is 29.2 Å². The van der Waals surface area contributed by atoms with Gasteiger partial charge in [-0.1, -0.05) is 0 Å². The summed E-state index contributed by atoms with van der Waals surface area (Å²) in [7, 11) is 0. The lowest BCUT2D eigenvalue weighted by molar-refractivity contribution is 0.0681. The number of H-pyrrole nitrogens is 1. The molecule has 9 heteroatoms. The van der Waals surface area contributed by atoms with Crippen LogP contribution >= 0.6 is 0 Å². The van der Waals surface area contributed by atoms with Crippen molar-refractivity contribution in [3.8, 4) is 6.07 Å². The van der Waals surface area contributed by atoms with Crippen LogP contribution in [-0.4, -0.2) is 32.3 Å². The van der Waals surface area contributed by atoms with Crippen molar-refractivity contribution in [2.24, 2.45) is 0 Å². The summed E-state index contributed by atoms with van der Waals surface area (Å²) in [4.78, 5) is 24.8. The Kier molecular flexibility index (Phi) is 3.83. The molecule has 3 rings (SSSR count). The van der Waals surface area contributed by atoms with Gasteiger partial charge in [0.15, 0.2) is 5.69 Å². The van der Waals surface area contributed by atoms with Crippen LogP contribution in [-0.2, 0) is 18.4 Å². The van der Waals surface area contributed by atoms with Gasteiger partial charge in [0.1, 0.15) is 5.41 Å². The summed E-state index contributed by atoms with van der Waals surface area (Å²) < 4.78 is 31.8. The molecule has 7 nitrogen and oxygen atoms in total. The number of imidazole rings is 1. The lowest BCUT2D eigenvalue weighted by Crippen LogP contribution is -2.36. The predicted octanol–water partition coefficient (Wildman–Crippen LogP) is 2.33. The van der Waals surface area contributed by atoms with Gasteiger partial charge in [-0.3, -0.25) is 4.79 Å². The Morgan fingerprint density at radius 1 is 1.54 bits per heavy atom. The minimum absolute atomic E-state index is 0.192. The minimum atomic E-state index is -2.97. The molecular weight excluding hydrogens is 320 g/mol. The molecule has 0 spiro atoms. The van der Waals surface area contributed by atoms with E-state index in [1.807, 2.05) is 6.07 Å². The molecule has 1 aliphatic rings. The molecule has 1 aliphatic heterocycles. The van der Waals surface area contributed by atoms with Crippen molar-refractivity contribution in [1.82, 2.24) is 19.9 Å². The Labute approximate surface area is 136 Å². The summed E-state index contributed by atoms with van der Waals surface area (Å²) >= 11 is 0. The second-order valence-electron chi connectivity index (χ2n) is 6.08. The van der Waals surface area contributed by atoms with E-state index in [1.165, 1.54) is 25.1 Å². The quantitative estimate of drug-likeness (QED) is 0.928. The fourth-order valence-corrected chi connectivity index (χ4v) is 2.48. The van der Waals surface area contributed by atoms with E-state index in [2.05, 4.69) is 15.0 Å². The maximum absolute atomic E-state index is 13.3. The number of hydrogen-bond donors (Lipinski definition) is 1. The highest BCUT2D eigenvalue weighted by molar-refractivity contribution is 5.92. The maximum Gasteiger partial charge on any atom is 0.292 e. The van der Waals surface area contributed by atoms with Crippen molar-refractivity contribution in [2.75, 3.05) is 6.54 Å². The third kappa shape index (κ3) is 2.64. The number of alkyl halides is 2. The van der Waals surface area contributed by atoms with E-state index in [-0.39, 0.29) is 12.4 Å². The highest BCUT2D eigenvalue weighted by Gasteiger charge is 2.36. The third-order valence-electron chi connectivity index (χ3n) is 3.93. The van der Waals surface area contributed by atoms with E-state index in [0.717, 1.165) is 11.4 Å². The van der Waals surface area contributed by atoms with Crippen molar-refractivity contribution >= 4 is 5.91 Å². The lowest BCUT2D eigenvalue weighted by Gasteiger charge is -2.25. The Morgan fingerprint density at radius 2 is 2.29 bits per heavy atom. The number of nitrogens with zero attached hydrogens (tertiary/aromatic N) is 4. The first-order chi connectivity index (χ1) is 11.3. The van der Waals surface area contributed by atoms with Crippen LogP contribution < -0.4 is 0 Å². The maximum atomic E-state index is 13.3. The van der Waals surface area contributed by atoms with E-state index in [1.54, 1.807) is 0 Å². The number of nitrogens with one attached hydrogen (secondary N) is 1. The number of aromatic nitrogens is 3. The molecule has 3 heterocycles. The summed E-state index contributed by atoms with van der Waals surface area (Å²) in [5, 5.41) is 9.12. The molecule has 0 unspecified atom stereocenters. The van der Waals surface area contributed by atoms with Crippen LogP contribution in [0, 0.1) is 11.3 Å². The van der Waals surface area contributed by atoms with Crippen LogP contribution in [0.15, 0.2) is 10.7 Å². The Morgan fingerprint density at radius 3 is 2.96 bits per heavy atom. The molecule has 1 N–H and O–H groups in total. The summed E-state index contributed by atoms with van der Waals surface area (Å²) in [6, 6.07) is 1.93. The van der Waals surface area contributed by atoms with Gasteiger partial charge < -0.3 is 14.3 Å². The van der Waals surface area contributed by atoms with Gasteiger partial charge in [0.05, 0.1) is 30.3 Å². The van der Waals surface area contributed by atoms with Crippen LogP contribution in [0.4, 0.5) is 8.78 Å². The average Bonchev–Trinajstić information content (AvgIpc) is 3.20. The fourth-order valence-electron chi connectivity index (χ4n) is 2.48. The van der Waals surface area contributed by atoms with Crippen molar-refractivity contribution in [3.05, 3.63) is 35.1 Å². The van der Waals surface area contributed by atoms with Crippen LogP contribution in [0.2, 0.25) is 0 Å². The number of fused-ring (bicyclic) bond motifs is 1. The average molecular weight is 335 g/mol. The number of rotatable bonds is 3. The molecule has 24 heavy (non-hydrogen) atoms. The van der Waals surface area contributed by atoms with Gasteiger partial charge in [-0.2, -0.15) is 5.26 Å². The molecule has 1 amide bonds. The normalized spacial score (nSPS) is 14.6. The number of hydrogen-bond acceptors (Lipinski definition) is 5. The highest BCUT2D eigenvalue weighted by atomic mass is 19.3. The standard InChI is InChI=1S/C15H15F2N5O2/c1-15(2,6-18)14-21-10(12(16)17)11(24-14)13(23)22-4-3-8-9(5-22)20-7-19-8/h7,12H,3-5H2,1-2H3,(H,19,20). The largest absolute Gasteiger partial charge is 0.433 e. The monoisotopic (exact) mass is 335 g/mol. The summed E-state index contributed by atoms with van der Waals surface area (Å²) in [6.07, 6.45) is -0.909.